The zero-order valence-corrected chi connectivity index (χ0v) is 15.6. The summed E-state index contributed by atoms with van der Waals surface area (Å²) in [7, 11) is 0. The second-order valence-corrected chi connectivity index (χ2v) is 6.65. The summed E-state index contributed by atoms with van der Waals surface area (Å²) in [5, 5.41) is 60.7. The Labute approximate surface area is 157 Å². The fraction of sp³-hybridized carbons (Fsp3) is 0.938. The fourth-order valence-corrected chi connectivity index (χ4v) is 2.59. The van der Waals surface area contributed by atoms with Gasteiger partial charge in [0.2, 0.25) is 5.91 Å². The van der Waals surface area contributed by atoms with Crippen LogP contribution < -0.4 is 5.32 Å². The smallest absolute Gasteiger partial charge is 0.217 e. The molecule has 7 N–H and O–H groups in total. The van der Waals surface area contributed by atoms with E-state index in [0.29, 0.717) is 0 Å². The van der Waals surface area contributed by atoms with E-state index in [-0.39, 0.29) is 11.9 Å². The van der Waals surface area contributed by atoms with Gasteiger partial charge >= 0.3 is 0 Å². The van der Waals surface area contributed by atoms with E-state index in [4.69, 9.17) is 19.3 Å². The Balaban J connectivity index is 2.57. The topological polar surface area (TPSA) is 178 Å². The zero-order chi connectivity index (χ0) is 20.7. The largest absolute Gasteiger partial charge is 0.394 e. The Kier molecular flexibility index (Phi) is 10.0. The van der Waals surface area contributed by atoms with Gasteiger partial charge < -0.3 is 50.2 Å². The van der Waals surface area contributed by atoms with Crippen molar-refractivity contribution < 1.29 is 49.6 Å². The maximum absolute atomic E-state index is 11.1. The minimum Gasteiger partial charge on any atom is -0.394 e. The molecule has 0 aromatic carbocycles. The molecule has 1 amide bonds. The molecule has 11 heteroatoms. The number of hydrogen-bond donors (Lipinski definition) is 7. The highest BCUT2D eigenvalue weighted by Gasteiger charge is 2.44. The van der Waals surface area contributed by atoms with Gasteiger partial charge in [-0.3, -0.25) is 4.79 Å². The van der Waals surface area contributed by atoms with Gasteiger partial charge in [0.05, 0.1) is 32.0 Å². The van der Waals surface area contributed by atoms with Gasteiger partial charge in [-0.25, -0.2) is 0 Å². The Hall–Kier alpha value is -0.890. The van der Waals surface area contributed by atoms with E-state index in [1.54, 1.807) is 13.8 Å². The van der Waals surface area contributed by atoms with Crippen molar-refractivity contribution in [3.63, 3.8) is 0 Å². The lowest BCUT2D eigenvalue weighted by Gasteiger charge is -2.40. The van der Waals surface area contributed by atoms with Crippen LogP contribution in [0.2, 0.25) is 0 Å². The number of nitrogens with one attached hydrogen (secondary N) is 1. The Morgan fingerprint density at radius 2 is 1.78 bits per heavy atom. The zero-order valence-electron chi connectivity index (χ0n) is 15.6. The van der Waals surface area contributed by atoms with Crippen molar-refractivity contribution in [3.05, 3.63) is 0 Å². The third kappa shape index (κ3) is 6.89. The number of carbonyl (C=O) groups is 1. The molecule has 1 heterocycles. The first-order valence-electron chi connectivity index (χ1n) is 8.75. The first-order valence-corrected chi connectivity index (χ1v) is 8.75. The van der Waals surface area contributed by atoms with Gasteiger partial charge in [0, 0.05) is 6.92 Å². The molecule has 1 aliphatic heterocycles. The molecule has 1 fully saturated rings. The minimum absolute atomic E-state index is 0.245. The Morgan fingerprint density at radius 3 is 2.30 bits per heavy atom. The lowest BCUT2D eigenvalue weighted by atomic mass is 9.99. The van der Waals surface area contributed by atoms with Crippen molar-refractivity contribution in [1.29, 1.82) is 0 Å². The summed E-state index contributed by atoms with van der Waals surface area (Å²) in [4.78, 5) is 11.1. The van der Waals surface area contributed by atoms with Gasteiger partial charge in [0.1, 0.15) is 36.6 Å². The molecule has 0 spiro atoms. The molecule has 3 unspecified atom stereocenters. The first-order chi connectivity index (χ1) is 12.6. The standard InChI is InChI=1S/C16H31NO10/c1-7(17-9(3)20)8(2)26-11(4-18)10(21)6-25-16-15(24)14(23)13(22)12(5-19)27-16/h7-8,10-16,18-19,21-24H,4-6H2,1-3H3,(H,17,20)/t7-,8-,10-,11?,12?,13-,14?,15-,16+/m0/s1. The molecule has 0 saturated carbocycles. The fourth-order valence-electron chi connectivity index (χ4n) is 2.59. The molecule has 27 heavy (non-hydrogen) atoms. The van der Waals surface area contributed by atoms with E-state index >= 15 is 0 Å². The normalized spacial score (nSPS) is 33.1. The van der Waals surface area contributed by atoms with Crippen molar-refractivity contribution >= 4 is 5.91 Å². The molecule has 1 aliphatic rings. The maximum Gasteiger partial charge on any atom is 0.217 e. The highest BCUT2D eigenvalue weighted by Crippen LogP contribution is 2.22. The highest BCUT2D eigenvalue weighted by atomic mass is 16.7. The van der Waals surface area contributed by atoms with Crippen LogP contribution in [-0.4, -0.2) is 111 Å². The van der Waals surface area contributed by atoms with E-state index < -0.39 is 68.8 Å². The molecule has 0 bridgehead atoms. The number of rotatable bonds is 10. The van der Waals surface area contributed by atoms with Crippen LogP contribution >= 0.6 is 0 Å². The lowest BCUT2D eigenvalue weighted by Crippen LogP contribution is -2.59. The summed E-state index contributed by atoms with van der Waals surface area (Å²) in [6.07, 6.45) is -10.1. The lowest BCUT2D eigenvalue weighted by molar-refractivity contribution is -0.306. The van der Waals surface area contributed by atoms with E-state index in [1.165, 1.54) is 6.92 Å². The van der Waals surface area contributed by atoms with E-state index in [9.17, 15) is 30.3 Å². The van der Waals surface area contributed by atoms with Crippen LogP contribution in [-0.2, 0) is 19.0 Å². The van der Waals surface area contributed by atoms with E-state index in [1.807, 2.05) is 0 Å². The van der Waals surface area contributed by atoms with Gasteiger partial charge in [0.25, 0.3) is 0 Å². The number of carbonyl (C=O) groups excluding carboxylic acids is 1. The highest BCUT2D eigenvalue weighted by molar-refractivity contribution is 5.73. The molecule has 11 nitrogen and oxygen atoms in total. The van der Waals surface area contributed by atoms with E-state index in [2.05, 4.69) is 5.32 Å². The predicted molar refractivity (Wildman–Crippen MR) is 90.4 cm³/mol. The Bertz CT molecular complexity index is 451. The predicted octanol–water partition coefficient (Wildman–Crippen LogP) is -3.55. The number of hydrogen-bond acceptors (Lipinski definition) is 10. The third-order valence-electron chi connectivity index (χ3n) is 4.41. The van der Waals surface area contributed by atoms with Crippen LogP contribution in [0.5, 0.6) is 0 Å². The molecule has 0 aromatic rings. The average Bonchev–Trinajstić information content (AvgIpc) is 2.62. The number of aliphatic hydroxyl groups excluding tert-OH is 6. The van der Waals surface area contributed by atoms with Crippen molar-refractivity contribution in [1.82, 2.24) is 5.32 Å². The van der Waals surface area contributed by atoms with Crippen molar-refractivity contribution in [2.24, 2.45) is 0 Å². The SMILES string of the molecule is CC(=O)N[C@@H](C)[C@H](C)OC(CO)[C@@H](O)CO[C@@H]1OC(CO)[C@H](O)C(O)[C@@H]1O. The molecule has 9 atom stereocenters. The van der Waals surface area contributed by atoms with Crippen molar-refractivity contribution in [2.75, 3.05) is 19.8 Å². The number of aliphatic hydroxyl groups is 6. The van der Waals surface area contributed by atoms with Crippen LogP contribution in [0.15, 0.2) is 0 Å². The molecule has 1 rings (SSSR count). The average molecular weight is 397 g/mol. The summed E-state index contributed by atoms with van der Waals surface area (Å²) < 4.78 is 15.9. The monoisotopic (exact) mass is 397 g/mol. The molecule has 160 valence electrons. The van der Waals surface area contributed by atoms with Crippen LogP contribution in [0, 0.1) is 0 Å². The summed E-state index contributed by atoms with van der Waals surface area (Å²) in [6, 6.07) is -0.366. The van der Waals surface area contributed by atoms with E-state index in [0.717, 1.165) is 0 Å². The molecular formula is C16H31NO10. The number of ether oxygens (including phenoxy) is 3. The summed E-state index contributed by atoms with van der Waals surface area (Å²) in [5.41, 5.74) is 0. The molecule has 0 radical (unpaired) electrons. The van der Waals surface area contributed by atoms with Gasteiger partial charge in [-0.05, 0) is 13.8 Å². The second-order valence-electron chi connectivity index (χ2n) is 6.65. The van der Waals surface area contributed by atoms with Crippen molar-refractivity contribution in [2.45, 2.75) is 75.8 Å². The van der Waals surface area contributed by atoms with Gasteiger partial charge in [-0.2, -0.15) is 0 Å². The van der Waals surface area contributed by atoms with Crippen LogP contribution in [0.3, 0.4) is 0 Å². The van der Waals surface area contributed by atoms with Crippen LogP contribution in [0.25, 0.3) is 0 Å². The third-order valence-corrected chi connectivity index (χ3v) is 4.41. The molecule has 1 saturated heterocycles. The quantitative estimate of drug-likeness (QED) is 0.195. The minimum atomic E-state index is -1.60. The maximum atomic E-state index is 11.1. The summed E-state index contributed by atoms with van der Waals surface area (Å²) in [5.74, 6) is -0.245. The summed E-state index contributed by atoms with van der Waals surface area (Å²) >= 11 is 0. The van der Waals surface area contributed by atoms with Crippen molar-refractivity contribution in [3.8, 4) is 0 Å². The van der Waals surface area contributed by atoms with Gasteiger partial charge in [-0.15, -0.1) is 0 Å². The Morgan fingerprint density at radius 1 is 1.15 bits per heavy atom. The van der Waals surface area contributed by atoms with Crippen LogP contribution in [0.1, 0.15) is 20.8 Å². The van der Waals surface area contributed by atoms with Gasteiger partial charge in [-0.1, -0.05) is 0 Å². The second kappa shape index (κ2) is 11.2. The molecule has 0 aromatic heterocycles. The number of amides is 1. The first kappa shape index (κ1) is 24.1. The van der Waals surface area contributed by atoms with Gasteiger partial charge in [0.15, 0.2) is 6.29 Å². The molecule has 0 aliphatic carbocycles. The molecular weight excluding hydrogens is 366 g/mol. The summed E-state index contributed by atoms with van der Waals surface area (Å²) in [6.45, 7) is 3.17. The van der Waals surface area contributed by atoms with Crippen LogP contribution in [0.4, 0.5) is 0 Å².